The molecule has 70 valence electrons. The maximum absolute atomic E-state index is 10.3. The van der Waals surface area contributed by atoms with Crippen LogP contribution in [0.5, 0.6) is 0 Å². The summed E-state index contributed by atoms with van der Waals surface area (Å²) in [5.74, 6) is 0.936. The molecule has 0 spiro atoms. The molecule has 0 aliphatic heterocycles. The third-order valence-corrected chi connectivity index (χ3v) is 3.11. The van der Waals surface area contributed by atoms with Gasteiger partial charge in [-0.2, -0.15) is 0 Å². The Morgan fingerprint density at radius 3 is 2.62 bits per heavy atom. The van der Waals surface area contributed by atoms with Crippen LogP contribution in [0.3, 0.4) is 0 Å². The van der Waals surface area contributed by atoms with Crippen molar-refractivity contribution in [1.82, 2.24) is 0 Å². The number of hydrogen-bond donors (Lipinski definition) is 0. The predicted molar refractivity (Wildman–Crippen MR) is 57.4 cm³/mol. The summed E-state index contributed by atoms with van der Waals surface area (Å²) in [6.45, 7) is 1.91. The molecule has 1 rings (SSSR count). The third-order valence-electron chi connectivity index (χ3n) is 1.56. The van der Waals surface area contributed by atoms with Gasteiger partial charge in [0.15, 0.2) is 0 Å². The van der Waals surface area contributed by atoms with Crippen molar-refractivity contribution >= 4 is 29.6 Å². The number of hydrogen-bond acceptors (Lipinski definition) is 2. The summed E-state index contributed by atoms with van der Waals surface area (Å²) >= 11 is 7.41. The molecule has 0 bridgehead atoms. The second-order valence-electron chi connectivity index (χ2n) is 2.88. The summed E-state index contributed by atoms with van der Waals surface area (Å²) in [4.78, 5) is 11.5. The quantitative estimate of drug-likeness (QED) is 0.565. The van der Waals surface area contributed by atoms with Crippen molar-refractivity contribution < 1.29 is 4.79 Å². The van der Waals surface area contributed by atoms with Crippen molar-refractivity contribution in [2.75, 3.05) is 5.75 Å². The average molecular weight is 215 g/mol. The fraction of sp³-hybridized carbons (Fsp3) is 0.300. The van der Waals surface area contributed by atoms with Gasteiger partial charge in [-0.3, -0.25) is 0 Å². The highest BCUT2D eigenvalue weighted by atomic mass is 35.5. The largest absolute Gasteiger partial charge is 0.303 e. The van der Waals surface area contributed by atoms with Gasteiger partial charge in [0.2, 0.25) is 0 Å². The Bertz CT molecular complexity index is 271. The van der Waals surface area contributed by atoms with Crippen LogP contribution in [0.2, 0.25) is 5.02 Å². The number of benzene rings is 1. The van der Waals surface area contributed by atoms with Crippen molar-refractivity contribution in [2.24, 2.45) is 5.92 Å². The highest BCUT2D eigenvalue weighted by Crippen LogP contribution is 2.21. The molecule has 0 saturated heterocycles. The molecule has 0 aliphatic rings. The van der Waals surface area contributed by atoms with E-state index in [0.717, 1.165) is 22.0 Å². The zero-order valence-corrected chi connectivity index (χ0v) is 8.94. The summed E-state index contributed by atoms with van der Waals surface area (Å²) < 4.78 is 0. The molecule has 1 aromatic rings. The van der Waals surface area contributed by atoms with Gasteiger partial charge in [-0.25, -0.2) is 0 Å². The van der Waals surface area contributed by atoms with Crippen molar-refractivity contribution in [1.29, 1.82) is 0 Å². The highest BCUT2D eigenvalue weighted by molar-refractivity contribution is 7.99. The maximum Gasteiger partial charge on any atom is 0.123 e. The number of carbonyl (C=O) groups is 1. The van der Waals surface area contributed by atoms with Crippen LogP contribution in [0, 0.1) is 5.92 Å². The maximum atomic E-state index is 10.3. The lowest BCUT2D eigenvalue weighted by molar-refractivity contribution is -0.110. The zero-order valence-electron chi connectivity index (χ0n) is 7.37. The molecule has 1 atom stereocenters. The van der Waals surface area contributed by atoms with E-state index in [-0.39, 0.29) is 5.92 Å². The Labute approximate surface area is 87.5 Å². The van der Waals surface area contributed by atoms with Gasteiger partial charge in [0.1, 0.15) is 6.29 Å². The molecule has 0 amide bonds. The van der Waals surface area contributed by atoms with E-state index in [4.69, 9.17) is 11.6 Å². The van der Waals surface area contributed by atoms with E-state index in [0.29, 0.717) is 0 Å². The summed E-state index contributed by atoms with van der Waals surface area (Å²) in [5.41, 5.74) is 0. The lowest BCUT2D eigenvalue weighted by Crippen LogP contribution is -1.98. The summed E-state index contributed by atoms with van der Waals surface area (Å²) in [6, 6.07) is 7.64. The standard InChI is InChI=1S/C10H11ClOS/c1-8(6-12)7-13-10-4-2-9(11)3-5-10/h2-6,8H,7H2,1H3. The Balaban J connectivity index is 2.45. The normalized spacial score (nSPS) is 12.5. The first-order chi connectivity index (χ1) is 6.22. The fourth-order valence-corrected chi connectivity index (χ4v) is 1.79. The lowest BCUT2D eigenvalue weighted by Gasteiger charge is -2.02. The molecule has 3 heteroatoms. The smallest absolute Gasteiger partial charge is 0.123 e. The predicted octanol–water partition coefficient (Wildman–Crippen LogP) is 3.27. The van der Waals surface area contributed by atoms with Crippen molar-refractivity contribution in [2.45, 2.75) is 11.8 Å². The molecule has 0 N–H and O–H groups in total. The summed E-state index contributed by atoms with van der Waals surface area (Å²) in [6.07, 6.45) is 0.975. The number of halogens is 1. The first-order valence-corrected chi connectivity index (χ1v) is 5.42. The molecule has 0 aliphatic carbocycles. The third kappa shape index (κ3) is 3.83. The van der Waals surface area contributed by atoms with Gasteiger partial charge in [-0.1, -0.05) is 18.5 Å². The van der Waals surface area contributed by atoms with E-state index in [1.807, 2.05) is 31.2 Å². The van der Waals surface area contributed by atoms with E-state index in [1.54, 1.807) is 11.8 Å². The van der Waals surface area contributed by atoms with E-state index in [2.05, 4.69) is 0 Å². The molecule has 0 aromatic heterocycles. The van der Waals surface area contributed by atoms with Crippen LogP contribution in [0.25, 0.3) is 0 Å². The number of rotatable bonds is 4. The fourth-order valence-electron chi connectivity index (χ4n) is 0.798. The second-order valence-corrected chi connectivity index (χ2v) is 4.41. The van der Waals surface area contributed by atoms with Gasteiger partial charge in [0.25, 0.3) is 0 Å². The molecular weight excluding hydrogens is 204 g/mol. The topological polar surface area (TPSA) is 17.1 Å². The first-order valence-electron chi connectivity index (χ1n) is 4.06. The Morgan fingerprint density at radius 2 is 2.08 bits per heavy atom. The Hall–Kier alpha value is -0.470. The van der Waals surface area contributed by atoms with Crippen molar-refractivity contribution in [3.05, 3.63) is 29.3 Å². The number of thioether (sulfide) groups is 1. The molecule has 1 nitrogen and oxygen atoms in total. The van der Waals surface area contributed by atoms with E-state index < -0.39 is 0 Å². The minimum atomic E-state index is 0.112. The van der Waals surface area contributed by atoms with Crippen LogP contribution in [0.15, 0.2) is 29.2 Å². The molecule has 0 fully saturated rings. The van der Waals surface area contributed by atoms with Crippen LogP contribution in [-0.4, -0.2) is 12.0 Å². The van der Waals surface area contributed by atoms with Crippen molar-refractivity contribution in [3.8, 4) is 0 Å². The van der Waals surface area contributed by atoms with E-state index in [1.165, 1.54) is 0 Å². The van der Waals surface area contributed by atoms with Crippen LogP contribution in [-0.2, 0) is 4.79 Å². The van der Waals surface area contributed by atoms with Crippen molar-refractivity contribution in [3.63, 3.8) is 0 Å². The molecule has 0 radical (unpaired) electrons. The molecule has 0 heterocycles. The molecule has 13 heavy (non-hydrogen) atoms. The minimum Gasteiger partial charge on any atom is -0.303 e. The summed E-state index contributed by atoms with van der Waals surface area (Å²) in [5, 5.41) is 0.743. The number of aldehydes is 1. The Kier molecular flexibility index (Phi) is 4.33. The highest BCUT2D eigenvalue weighted by Gasteiger charge is 2.00. The van der Waals surface area contributed by atoms with Crippen LogP contribution in [0.1, 0.15) is 6.92 Å². The van der Waals surface area contributed by atoms with Gasteiger partial charge >= 0.3 is 0 Å². The zero-order chi connectivity index (χ0) is 9.68. The molecular formula is C10H11ClOS. The van der Waals surface area contributed by atoms with Crippen LogP contribution < -0.4 is 0 Å². The van der Waals surface area contributed by atoms with Gasteiger partial charge in [-0.05, 0) is 24.3 Å². The number of carbonyl (C=O) groups excluding carboxylic acids is 1. The molecule has 1 aromatic carbocycles. The first kappa shape index (κ1) is 10.6. The van der Waals surface area contributed by atoms with Gasteiger partial charge in [0.05, 0.1) is 0 Å². The van der Waals surface area contributed by atoms with Crippen LogP contribution in [0.4, 0.5) is 0 Å². The van der Waals surface area contributed by atoms with E-state index >= 15 is 0 Å². The average Bonchev–Trinajstić information content (AvgIpc) is 2.16. The lowest BCUT2D eigenvalue weighted by atomic mass is 10.3. The SMILES string of the molecule is CC(C=O)CSc1ccc(Cl)cc1. The van der Waals surface area contributed by atoms with Gasteiger partial charge in [-0.15, -0.1) is 11.8 Å². The molecule has 0 saturated carbocycles. The summed E-state index contributed by atoms with van der Waals surface area (Å²) in [7, 11) is 0. The van der Waals surface area contributed by atoms with Gasteiger partial charge < -0.3 is 4.79 Å². The van der Waals surface area contributed by atoms with Gasteiger partial charge in [0, 0.05) is 21.6 Å². The molecule has 1 unspecified atom stereocenters. The minimum absolute atomic E-state index is 0.112. The second kappa shape index (κ2) is 5.30. The monoisotopic (exact) mass is 214 g/mol. The van der Waals surface area contributed by atoms with Crippen LogP contribution >= 0.6 is 23.4 Å². The Morgan fingerprint density at radius 1 is 1.46 bits per heavy atom. The van der Waals surface area contributed by atoms with E-state index in [9.17, 15) is 4.79 Å².